The van der Waals surface area contributed by atoms with E-state index in [1.807, 2.05) is 12.4 Å². The van der Waals surface area contributed by atoms with Gasteiger partial charge >= 0.3 is 0 Å². The Labute approximate surface area is 120 Å². The van der Waals surface area contributed by atoms with Gasteiger partial charge in [0.2, 0.25) is 5.91 Å². The normalized spacial score (nSPS) is 21.8. The fraction of sp³-hybridized carbons (Fsp3) is 0.625. The highest BCUT2D eigenvalue weighted by atomic mass is 16.2. The predicted molar refractivity (Wildman–Crippen MR) is 78.1 cm³/mol. The standard InChI is InChI=1S/C16H23N3O/c1-12(13-4-8-17-9-5-13)18-15-6-10-19(11-7-15)16(20)14-2-3-14/h4-5,8-9,12,14-15,18H,2-3,6-7,10-11H2,1H3. The Morgan fingerprint density at radius 1 is 1.25 bits per heavy atom. The molecule has 0 bridgehead atoms. The molecule has 2 aliphatic rings. The highest BCUT2D eigenvalue weighted by molar-refractivity contribution is 5.81. The molecule has 20 heavy (non-hydrogen) atoms. The molecule has 1 aliphatic heterocycles. The Bertz CT molecular complexity index is 450. The molecular weight excluding hydrogens is 250 g/mol. The molecule has 1 aromatic heterocycles. The van der Waals surface area contributed by atoms with Crippen LogP contribution >= 0.6 is 0 Å². The van der Waals surface area contributed by atoms with Crippen LogP contribution in [0.5, 0.6) is 0 Å². The fourth-order valence-electron chi connectivity index (χ4n) is 2.96. The number of pyridine rings is 1. The topological polar surface area (TPSA) is 45.2 Å². The number of hydrogen-bond acceptors (Lipinski definition) is 3. The molecule has 1 atom stereocenters. The van der Waals surface area contributed by atoms with Crippen molar-refractivity contribution < 1.29 is 4.79 Å². The van der Waals surface area contributed by atoms with Gasteiger partial charge in [-0.25, -0.2) is 0 Å². The molecule has 1 aromatic rings. The van der Waals surface area contributed by atoms with Crippen molar-refractivity contribution in [2.24, 2.45) is 5.92 Å². The van der Waals surface area contributed by atoms with E-state index in [9.17, 15) is 4.79 Å². The first kappa shape index (κ1) is 13.6. The van der Waals surface area contributed by atoms with Gasteiger partial charge in [-0.15, -0.1) is 0 Å². The summed E-state index contributed by atoms with van der Waals surface area (Å²) in [6.45, 7) is 4.02. The van der Waals surface area contributed by atoms with E-state index in [0.717, 1.165) is 38.8 Å². The van der Waals surface area contributed by atoms with Gasteiger partial charge in [-0.1, -0.05) is 0 Å². The van der Waals surface area contributed by atoms with Crippen molar-refractivity contribution in [3.63, 3.8) is 0 Å². The summed E-state index contributed by atoms with van der Waals surface area (Å²) in [5, 5.41) is 3.67. The highest BCUT2D eigenvalue weighted by Gasteiger charge is 2.34. The van der Waals surface area contributed by atoms with Crippen LogP contribution in [-0.2, 0) is 4.79 Å². The van der Waals surface area contributed by atoms with Crippen LogP contribution in [0.2, 0.25) is 0 Å². The van der Waals surface area contributed by atoms with Gasteiger partial charge in [0.1, 0.15) is 0 Å². The van der Waals surface area contributed by atoms with Crippen LogP contribution in [0.3, 0.4) is 0 Å². The van der Waals surface area contributed by atoms with E-state index >= 15 is 0 Å². The number of aromatic nitrogens is 1. The Balaban J connectivity index is 1.47. The first-order valence-corrected chi connectivity index (χ1v) is 7.69. The molecule has 2 heterocycles. The number of carbonyl (C=O) groups is 1. The van der Waals surface area contributed by atoms with Crippen molar-refractivity contribution in [3.05, 3.63) is 30.1 Å². The van der Waals surface area contributed by atoms with E-state index < -0.39 is 0 Å². The fourth-order valence-corrected chi connectivity index (χ4v) is 2.96. The lowest BCUT2D eigenvalue weighted by molar-refractivity contribution is -0.133. The van der Waals surface area contributed by atoms with Gasteiger partial charge in [0, 0.05) is 43.5 Å². The second kappa shape index (κ2) is 5.92. The van der Waals surface area contributed by atoms with Gasteiger partial charge in [-0.05, 0) is 50.3 Å². The molecule has 3 rings (SSSR count). The van der Waals surface area contributed by atoms with Gasteiger partial charge in [0.25, 0.3) is 0 Å². The lowest BCUT2D eigenvalue weighted by atomic mass is 10.0. The Morgan fingerprint density at radius 2 is 1.90 bits per heavy atom. The summed E-state index contributed by atoms with van der Waals surface area (Å²) in [6.07, 6.45) is 8.02. The first-order chi connectivity index (χ1) is 9.74. The summed E-state index contributed by atoms with van der Waals surface area (Å²) >= 11 is 0. The smallest absolute Gasteiger partial charge is 0.225 e. The van der Waals surface area contributed by atoms with Gasteiger partial charge in [0.05, 0.1) is 0 Å². The van der Waals surface area contributed by atoms with Crippen molar-refractivity contribution in [2.45, 2.75) is 44.7 Å². The summed E-state index contributed by atoms with van der Waals surface area (Å²) in [5.74, 6) is 0.751. The zero-order valence-electron chi connectivity index (χ0n) is 12.1. The molecule has 2 fully saturated rings. The third-order valence-electron chi connectivity index (χ3n) is 4.43. The van der Waals surface area contributed by atoms with Crippen LogP contribution in [0, 0.1) is 5.92 Å². The number of rotatable bonds is 4. The third-order valence-corrected chi connectivity index (χ3v) is 4.43. The number of carbonyl (C=O) groups excluding carboxylic acids is 1. The molecule has 0 radical (unpaired) electrons. The number of hydrogen-bond donors (Lipinski definition) is 1. The van der Waals surface area contributed by atoms with Gasteiger partial charge < -0.3 is 10.2 Å². The van der Waals surface area contributed by atoms with Gasteiger partial charge in [-0.3, -0.25) is 9.78 Å². The molecule has 0 spiro atoms. The Hall–Kier alpha value is -1.42. The van der Waals surface area contributed by atoms with Gasteiger partial charge in [0.15, 0.2) is 0 Å². The lowest BCUT2D eigenvalue weighted by Crippen LogP contribution is -2.45. The minimum absolute atomic E-state index is 0.341. The third kappa shape index (κ3) is 3.18. The minimum atomic E-state index is 0.341. The van der Waals surface area contributed by atoms with Crippen LogP contribution in [0.4, 0.5) is 0 Å². The Morgan fingerprint density at radius 3 is 2.50 bits per heavy atom. The Kier molecular flexibility index (Phi) is 4.01. The molecule has 4 nitrogen and oxygen atoms in total. The maximum Gasteiger partial charge on any atom is 0.225 e. The predicted octanol–water partition coefficient (Wildman–Crippen LogP) is 2.13. The van der Waals surface area contributed by atoms with Crippen LogP contribution in [0.15, 0.2) is 24.5 Å². The van der Waals surface area contributed by atoms with Crippen LogP contribution in [0.1, 0.15) is 44.2 Å². The van der Waals surface area contributed by atoms with E-state index in [4.69, 9.17) is 0 Å². The summed E-state index contributed by atoms with van der Waals surface area (Å²) in [5.41, 5.74) is 1.27. The first-order valence-electron chi connectivity index (χ1n) is 7.69. The number of likely N-dealkylation sites (tertiary alicyclic amines) is 1. The molecule has 1 amide bonds. The summed E-state index contributed by atoms with van der Waals surface area (Å²) in [7, 11) is 0. The maximum atomic E-state index is 12.0. The monoisotopic (exact) mass is 273 g/mol. The van der Waals surface area contributed by atoms with Crippen molar-refractivity contribution in [3.8, 4) is 0 Å². The number of nitrogens with zero attached hydrogens (tertiary/aromatic N) is 2. The van der Waals surface area contributed by atoms with E-state index in [-0.39, 0.29) is 0 Å². The largest absolute Gasteiger partial charge is 0.342 e. The molecule has 0 aromatic carbocycles. The SMILES string of the molecule is CC(NC1CCN(C(=O)C2CC2)CC1)c1ccncc1. The second-order valence-corrected chi connectivity index (χ2v) is 6.04. The van der Waals surface area contributed by atoms with E-state index in [1.54, 1.807) is 0 Å². The van der Waals surface area contributed by atoms with Crippen LogP contribution in [-0.4, -0.2) is 34.9 Å². The minimum Gasteiger partial charge on any atom is -0.342 e. The highest BCUT2D eigenvalue weighted by Crippen LogP contribution is 2.32. The molecule has 1 saturated carbocycles. The second-order valence-electron chi connectivity index (χ2n) is 6.04. The van der Waals surface area contributed by atoms with Crippen LogP contribution in [0.25, 0.3) is 0 Å². The average molecular weight is 273 g/mol. The van der Waals surface area contributed by atoms with E-state index in [2.05, 4.69) is 34.3 Å². The lowest BCUT2D eigenvalue weighted by Gasteiger charge is -2.34. The maximum absolute atomic E-state index is 12.0. The molecule has 1 aliphatic carbocycles. The molecule has 108 valence electrons. The summed E-state index contributed by atoms with van der Waals surface area (Å²) < 4.78 is 0. The molecule has 1 saturated heterocycles. The molecule has 1 N–H and O–H groups in total. The molecule has 1 unspecified atom stereocenters. The molecular formula is C16H23N3O. The average Bonchev–Trinajstić information content (AvgIpc) is 3.33. The number of piperidine rings is 1. The number of amides is 1. The zero-order valence-corrected chi connectivity index (χ0v) is 12.1. The van der Waals surface area contributed by atoms with Crippen molar-refractivity contribution in [1.82, 2.24) is 15.2 Å². The van der Waals surface area contributed by atoms with Crippen molar-refractivity contribution in [1.29, 1.82) is 0 Å². The number of nitrogens with one attached hydrogen (secondary N) is 1. The van der Waals surface area contributed by atoms with E-state index in [0.29, 0.717) is 23.9 Å². The zero-order chi connectivity index (χ0) is 13.9. The summed E-state index contributed by atoms with van der Waals surface area (Å²) in [6, 6.07) is 4.97. The van der Waals surface area contributed by atoms with Crippen molar-refractivity contribution >= 4 is 5.91 Å². The van der Waals surface area contributed by atoms with Gasteiger partial charge in [-0.2, -0.15) is 0 Å². The molecule has 4 heteroatoms. The quantitative estimate of drug-likeness (QED) is 0.914. The van der Waals surface area contributed by atoms with Crippen LogP contribution < -0.4 is 5.32 Å². The van der Waals surface area contributed by atoms with Crippen molar-refractivity contribution in [2.75, 3.05) is 13.1 Å². The van der Waals surface area contributed by atoms with E-state index in [1.165, 1.54) is 5.56 Å². The summed E-state index contributed by atoms with van der Waals surface area (Å²) in [4.78, 5) is 18.1.